The van der Waals surface area contributed by atoms with Crippen LogP contribution in [-0.2, 0) is 0 Å². The second-order valence-corrected chi connectivity index (χ2v) is 4.01. The van der Waals surface area contributed by atoms with Gasteiger partial charge in [0.1, 0.15) is 24.0 Å². The molecule has 18 heavy (non-hydrogen) atoms. The zero-order valence-electron chi connectivity index (χ0n) is 10.3. The van der Waals surface area contributed by atoms with Gasteiger partial charge in [-0.15, -0.1) is 0 Å². The second kappa shape index (κ2) is 6.57. The van der Waals surface area contributed by atoms with Gasteiger partial charge in [-0.25, -0.2) is 0 Å². The molecule has 0 heterocycles. The number of hydrogen-bond donors (Lipinski definition) is 1. The smallest absolute Gasteiger partial charge is 0.290 e. The second-order valence-electron chi connectivity index (χ2n) is 4.01. The third kappa shape index (κ3) is 4.03. The Morgan fingerprint density at radius 1 is 1.56 bits per heavy atom. The molecule has 96 valence electrons. The van der Waals surface area contributed by atoms with Crippen molar-refractivity contribution in [3.63, 3.8) is 0 Å². The normalized spacial score (nSPS) is 10.1. The van der Waals surface area contributed by atoms with E-state index in [2.05, 4.69) is 5.32 Å². The Bertz CT molecular complexity index is 466. The Balaban J connectivity index is 2.65. The first-order valence-corrected chi connectivity index (χ1v) is 5.59. The molecule has 0 spiro atoms. The van der Waals surface area contributed by atoms with Crippen molar-refractivity contribution in [2.75, 3.05) is 13.2 Å². The lowest BCUT2D eigenvalue weighted by Crippen LogP contribution is -2.27. The Morgan fingerprint density at radius 3 is 2.83 bits per heavy atom. The van der Waals surface area contributed by atoms with Gasteiger partial charge in [0.05, 0.1) is 11.0 Å². The third-order valence-electron chi connectivity index (χ3n) is 2.21. The van der Waals surface area contributed by atoms with Gasteiger partial charge < -0.3 is 10.1 Å². The molecule has 0 unspecified atom stereocenters. The van der Waals surface area contributed by atoms with E-state index in [1.807, 2.05) is 13.8 Å². The molecule has 0 aliphatic rings. The Morgan fingerprint density at radius 2 is 2.28 bits per heavy atom. The van der Waals surface area contributed by atoms with E-state index in [-0.39, 0.29) is 11.3 Å². The topological polar surface area (TPSA) is 88.2 Å². The molecule has 0 saturated carbocycles. The molecule has 1 N–H and O–H groups in total. The first-order valence-electron chi connectivity index (χ1n) is 5.59. The highest BCUT2D eigenvalue weighted by Crippen LogP contribution is 2.23. The molecule has 0 aliphatic heterocycles. The third-order valence-corrected chi connectivity index (χ3v) is 2.21. The molecule has 1 aromatic carbocycles. The van der Waals surface area contributed by atoms with Crippen LogP contribution in [0, 0.1) is 21.4 Å². The molecule has 1 aromatic rings. The van der Waals surface area contributed by atoms with Crippen LogP contribution in [0.25, 0.3) is 0 Å². The van der Waals surface area contributed by atoms with Gasteiger partial charge in [-0.2, -0.15) is 5.26 Å². The summed E-state index contributed by atoms with van der Waals surface area (Å²) in [5.41, 5.74) is -0.195. The molecule has 0 aliphatic carbocycles. The molecule has 6 nitrogen and oxygen atoms in total. The monoisotopic (exact) mass is 249 g/mol. The van der Waals surface area contributed by atoms with Crippen LogP contribution in [0.15, 0.2) is 18.2 Å². The van der Waals surface area contributed by atoms with E-state index in [1.54, 1.807) is 12.1 Å². The van der Waals surface area contributed by atoms with Crippen LogP contribution in [0.5, 0.6) is 5.75 Å². The van der Waals surface area contributed by atoms with Gasteiger partial charge in [0, 0.05) is 12.6 Å². The summed E-state index contributed by atoms with van der Waals surface area (Å²) in [6.45, 7) is 5.12. The van der Waals surface area contributed by atoms with Crippen molar-refractivity contribution in [1.82, 2.24) is 5.32 Å². The molecular weight excluding hydrogens is 234 g/mol. The fourth-order valence-electron chi connectivity index (χ4n) is 1.36. The highest BCUT2D eigenvalue weighted by atomic mass is 16.6. The number of nitro benzene ring substituents is 1. The van der Waals surface area contributed by atoms with Gasteiger partial charge in [-0.3, -0.25) is 10.1 Å². The van der Waals surface area contributed by atoms with E-state index in [0.717, 1.165) is 0 Å². The standard InChI is InChI=1S/C12H15N3O3/c1-9(2)14-5-6-18-11-4-3-10(8-13)12(7-11)15(16)17/h3-4,7,9,14H,5-6H2,1-2H3. The number of benzene rings is 1. The average Bonchev–Trinajstić information content (AvgIpc) is 2.34. The SMILES string of the molecule is CC(C)NCCOc1ccc(C#N)c([N+](=O)[O-])c1. The molecule has 0 amide bonds. The summed E-state index contributed by atoms with van der Waals surface area (Å²) in [4.78, 5) is 10.2. The predicted octanol–water partition coefficient (Wildman–Crippen LogP) is 1.84. The van der Waals surface area contributed by atoms with Crippen LogP contribution in [0.4, 0.5) is 5.69 Å². The Labute approximate surface area is 105 Å². The van der Waals surface area contributed by atoms with E-state index in [4.69, 9.17) is 10.00 Å². The maximum absolute atomic E-state index is 10.7. The summed E-state index contributed by atoms with van der Waals surface area (Å²) in [5.74, 6) is 0.395. The van der Waals surface area contributed by atoms with Gasteiger partial charge in [0.15, 0.2) is 0 Å². The number of hydrogen-bond acceptors (Lipinski definition) is 5. The van der Waals surface area contributed by atoms with Crippen LogP contribution in [-0.4, -0.2) is 24.1 Å². The fourth-order valence-corrected chi connectivity index (χ4v) is 1.36. The summed E-state index contributed by atoms with van der Waals surface area (Å²) in [6, 6.07) is 6.36. The summed E-state index contributed by atoms with van der Waals surface area (Å²) in [6.07, 6.45) is 0. The zero-order valence-corrected chi connectivity index (χ0v) is 10.3. The first-order chi connectivity index (χ1) is 8.54. The summed E-state index contributed by atoms with van der Waals surface area (Å²) >= 11 is 0. The van der Waals surface area contributed by atoms with Crippen LogP contribution in [0.3, 0.4) is 0 Å². The largest absolute Gasteiger partial charge is 0.492 e. The molecule has 6 heteroatoms. The number of nitrogens with zero attached hydrogens (tertiary/aromatic N) is 2. The fraction of sp³-hybridized carbons (Fsp3) is 0.417. The van der Waals surface area contributed by atoms with Crippen LogP contribution in [0.1, 0.15) is 19.4 Å². The first kappa shape index (κ1) is 13.9. The van der Waals surface area contributed by atoms with Crippen molar-refractivity contribution in [3.8, 4) is 11.8 Å². The van der Waals surface area contributed by atoms with E-state index >= 15 is 0 Å². The van der Waals surface area contributed by atoms with Crippen LogP contribution in [0.2, 0.25) is 0 Å². The van der Waals surface area contributed by atoms with Crippen molar-refractivity contribution < 1.29 is 9.66 Å². The summed E-state index contributed by atoms with van der Waals surface area (Å²) < 4.78 is 5.37. The van der Waals surface area contributed by atoms with Crippen molar-refractivity contribution >= 4 is 5.69 Å². The molecule has 1 rings (SSSR count). The van der Waals surface area contributed by atoms with Crippen molar-refractivity contribution in [2.24, 2.45) is 0 Å². The van der Waals surface area contributed by atoms with Crippen molar-refractivity contribution in [1.29, 1.82) is 5.26 Å². The maximum Gasteiger partial charge on any atom is 0.290 e. The van der Waals surface area contributed by atoms with Gasteiger partial charge in [-0.1, -0.05) is 13.8 Å². The Kier molecular flexibility index (Phi) is 5.08. The lowest BCUT2D eigenvalue weighted by molar-refractivity contribution is -0.385. The van der Waals surface area contributed by atoms with E-state index in [9.17, 15) is 10.1 Å². The summed E-state index contributed by atoms with van der Waals surface area (Å²) in [5, 5.41) is 22.6. The number of rotatable bonds is 6. The number of nitro groups is 1. The minimum absolute atomic E-state index is 0.0349. The number of nitriles is 1. The summed E-state index contributed by atoms with van der Waals surface area (Å²) in [7, 11) is 0. The van der Waals surface area contributed by atoms with Crippen LogP contribution < -0.4 is 10.1 Å². The van der Waals surface area contributed by atoms with E-state index in [1.165, 1.54) is 12.1 Å². The maximum atomic E-state index is 10.7. The zero-order chi connectivity index (χ0) is 13.5. The van der Waals surface area contributed by atoms with E-state index < -0.39 is 4.92 Å². The van der Waals surface area contributed by atoms with Gasteiger partial charge in [0.2, 0.25) is 0 Å². The minimum Gasteiger partial charge on any atom is -0.492 e. The average molecular weight is 249 g/mol. The Hall–Kier alpha value is -2.13. The number of nitrogens with one attached hydrogen (secondary N) is 1. The molecule has 0 aromatic heterocycles. The molecule has 0 saturated heterocycles. The lowest BCUT2D eigenvalue weighted by atomic mass is 10.2. The molecule has 0 atom stereocenters. The molecule has 0 bridgehead atoms. The van der Waals surface area contributed by atoms with E-state index in [0.29, 0.717) is 24.9 Å². The van der Waals surface area contributed by atoms with Gasteiger partial charge in [-0.05, 0) is 12.1 Å². The number of ether oxygens (including phenoxy) is 1. The molecular formula is C12H15N3O3. The predicted molar refractivity (Wildman–Crippen MR) is 66.4 cm³/mol. The molecule has 0 fully saturated rings. The molecule has 0 radical (unpaired) electrons. The minimum atomic E-state index is -0.586. The van der Waals surface area contributed by atoms with Crippen molar-refractivity contribution in [2.45, 2.75) is 19.9 Å². The van der Waals surface area contributed by atoms with Gasteiger partial charge >= 0.3 is 0 Å². The van der Waals surface area contributed by atoms with Crippen molar-refractivity contribution in [3.05, 3.63) is 33.9 Å². The lowest BCUT2D eigenvalue weighted by Gasteiger charge is -2.09. The van der Waals surface area contributed by atoms with Crippen LogP contribution >= 0.6 is 0 Å². The highest BCUT2D eigenvalue weighted by Gasteiger charge is 2.14. The quantitative estimate of drug-likeness (QED) is 0.472. The highest BCUT2D eigenvalue weighted by molar-refractivity contribution is 5.52. The van der Waals surface area contributed by atoms with Gasteiger partial charge in [0.25, 0.3) is 5.69 Å².